The van der Waals surface area contributed by atoms with Gasteiger partial charge in [0.1, 0.15) is 6.42 Å². The first-order chi connectivity index (χ1) is 8.09. The van der Waals surface area contributed by atoms with Gasteiger partial charge in [0, 0.05) is 20.1 Å². The summed E-state index contributed by atoms with van der Waals surface area (Å²) in [6.45, 7) is 1.33. The number of likely N-dealkylation sites (N-methyl/N-ethyl adjacent to an activating group) is 1. The maximum absolute atomic E-state index is 11.9. The Bertz CT molecular complexity index is 459. The van der Waals surface area contributed by atoms with Gasteiger partial charge >= 0.3 is 0 Å². The molecule has 0 atom stereocenters. The first-order valence-electron chi connectivity index (χ1n) is 5.48. The van der Waals surface area contributed by atoms with Crippen LogP contribution >= 0.6 is 0 Å². The highest BCUT2D eigenvalue weighted by Crippen LogP contribution is 2.31. The molecule has 0 aliphatic carbocycles. The minimum absolute atomic E-state index is 0.238. The molecule has 2 N–H and O–H groups in total. The first-order valence-corrected chi connectivity index (χ1v) is 5.48. The first kappa shape index (κ1) is 11.4. The molecule has 2 rings (SSSR count). The van der Waals surface area contributed by atoms with E-state index in [4.69, 9.17) is 5.73 Å². The van der Waals surface area contributed by atoms with Gasteiger partial charge in [0.05, 0.1) is 11.4 Å². The Labute approximate surface area is 99.8 Å². The van der Waals surface area contributed by atoms with Crippen LogP contribution in [0.1, 0.15) is 6.42 Å². The van der Waals surface area contributed by atoms with Gasteiger partial charge < -0.3 is 15.5 Å². The van der Waals surface area contributed by atoms with Crippen molar-refractivity contribution in [2.75, 3.05) is 29.9 Å². The fraction of sp³-hybridized carbons (Fsp3) is 0.333. The summed E-state index contributed by atoms with van der Waals surface area (Å²) < 4.78 is 0. The summed E-state index contributed by atoms with van der Waals surface area (Å²) in [5.41, 5.74) is 6.89. The SMILES string of the molecule is CN1CCN(C(=O)CC(N)=O)c2ccccc21. The molecule has 0 saturated heterocycles. The maximum atomic E-state index is 11.9. The van der Waals surface area contributed by atoms with Crippen molar-refractivity contribution < 1.29 is 9.59 Å². The number of primary amides is 1. The van der Waals surface area contributed by atoms with Gasteiger partial charge in [-0.2, -0.15) is 0 Å². The summed E-state index contributed by atoms with van der Waals surface area (Å²) in [4.78, 5) is 26.4. The number of para-hydroxylation sites is 2. The fourth-order valence-corrected chi connectivity index (χ4v) is 2.01. The third-order valence-corrected chi connectivity index (χ3v) is 2.87. The zero-order chi connectivity index (χ0) is 12.4. The number of hydrogen-bond acceptors (Lipinski definition) is 3. The van der Waals surface area contributed by atoms with E-state index in [1.165, 1.54) is 0 Å². The molecule has 0 aromatic heterocycles. The molecule has 17 heavy (non-hydrogen) atoms. The van der Waals surface area contributed by atoms with E-state index >= 15 is 0 Å². The van der Waals surface area contributed by atoms with Gasteiger partial charge in [0.15, 0.2) is 0 Å². The summed E-state index contributed by atoms with van der Waals surface area (Å²) in [7, 11) is 1.98. The summed E-state index contributed by atoms with van der Waals surface area (Å²) in [6, 6.07) is 7.64. The van der Waals surface area contributed by atoms with E-state index < -0.39 is 5.91 Å². The number of rotatable bonds is 2. The predicted molar refractivity (Wildman–Crippen MR) is 65.9 cm³/mol. The Morgan fingerprint density at radius 2 is 1.88 bits per heavy atom. The molecule has 0 unspecified atom stereocenters. The zero-order valence-corrected chi connectivity index (χ0v) is 9.72. The van der Waals surface area contributed by atoms with Crippen LogP contribution in [0.5, 0.6) is 0 Å². The molecule has 0 bridgehead atoms. The number of carbonyl (C=O) groups is 2. The van der Waals surface area contributed by atoms with Crippen LogP contribution in [-0.2, 0) is 9.59 Å². The van der Waals surface area contributed by atoms with Crippen LogP contribution in [0, 0.1) is 0 Å². The van der Waals surface area contributed by atoms with Crippen LogP contribution in [0.4, 0.5) is 11.4 Å². The molecule has 1 aliphatic rings. The summed E-state index contributed by atoms with van der Waals surface area (Å²) in [6.07, 6.45) is -0.238. The molecule has 1 aromatic rings. The lowest BCUT2D eigenvalue weighted by molar-refractivity contribution is -0.126. The van der Waals surface area contributed by atoms with Gasteiger partial charge in [-0.3, -0.25) is 9.59 Å². The molecule has 0 radical (unpaired) electrons. The Hall–Kier alpha value is -2.04. The van der Waals surface area contributed by atoms with Crippen molar-refractivity contribution >= 4 is 23.2 Å². The second-order valence-electron chi connectivity index (χ2n) is 4.10. The molecule has 1 aromatic carbocycles. The Kier molecular flexibility index (Phi) is 2.99. The van der Waals surface area contributed by atoms with E-state index in [0.717, 1.165) is 17.9 Å². The summed E-state index contributed by atoms with van der Waals surface area (Å²) in [5, 5.41) is 0. The van der Waals surface area contributed by atoms with Gasteiger partial charge in [-0.25, -0.2) is 0 Å². The van der Waals surface area contributed by atoms with Crippen molar-refractivity contribution in [3.05, 3.63) is 24.3 Å². The maximum Gasteiger partial charge on any atom is 0.236 e. The number of nitrogens with two attached hydrogens (primary N) is 1. The highest BCUT2D eigenvalue weighted by molar-refractivity contribution is 6.06. The van der Waals surface area contributed by atoms with Crippen LogP contribution in [0.3, 0.4) is 0 Å². The number of benzene rings is 1. The Morgan fingerprint density at radius 3 is 2.53 bits per heavy atom. The third-order valence-electron chi connectivity index (χ3n) is 2.87. The van der Waals surface area contributed by atoms with E-state index in [1.54, 1.807) is 4.90 Å². The molecule has 5 nitrogen and oxygen atoms in total. The minimum Gasteiger partial charge on any atom is -0.371 e. The number of hydrogen-bond donors (Lipinski definition) is 1. The smallest absolute Gasteiger partial charge is 0.236 e. The van der Waals surface area contributed by atoms with Gasteiger partial charge in [0.25, 0.3) is 0 Å². The average Bonchev–Trinajstić information content (AvgIpc) is 2.29. The molecule has 1 aliphatic heterocycles. The van der Waals surface area contributed by atoms with Gasteiger partial charge in [-0.15, -0.1) is 0 Å². The molecule has 1 heterocycles. The summed E-state index contributed by atoms with van der Waals surface area (Å²) in [5.74, 6) is -0.829. The van der Waals surface area contributed by atoms with Crippen molar-refractivity contribution in [3.8, 4) is 0 Å². The molecular formula is C12H15N3O2. The monoisotopic (exact) mass is 233 g/mol. The largest absolute Gasteiger partial charge is 0.371 e. The van der Waals surface area contributed by atoms with E-state index in [9.17, 15) is 9.59 Å². The summed E-state index contributed by atoms with van der Waals surface area (Å²) >= 11 is 0. The third kappa shape index (κ3) is 2.22. The van der Waals surface area contributed by atoms with Crippen molar-refractivity contribution in [1.82, 2.24) is 0 Å². The average molecular weight is 233 g/mol. The number of anilines is 2. The second kappa shape index (κ2) is 4.45. The molecule has 0 saturated carbocycles. The van der Waals surface area contributed by atoms with Crippen molar-refractivity contribution in [1.29, 1.82) is 0 Å². The minimum atomic E-state index is -0.591. The number of nitrogens with zero attached hydrogens (tertiary/aromatic N) is 2. The lowest BCUT2D eigenvalue weighted by Gasteiger charge is -2.35. The van der Waals surface area contributed by atoms with E-state index in [1.807, 2.05) is 31.3 Å². The normalized spacial score (nSPS) is 14.4. The highest BCUT2D eigenvalue weighted by atomic mass is 16.2. The highest BCUT2D eigenvalue weighted by Gasteiger charge is 2.25. The van der Waals surface area contributed by atoms with Crippen LogP contribution < -0.4 is 15.5 Å². The lowest BCUT2D eigenvalue weighted by atomic mass is 10.1. The van der Waals surface area contributed by atoms with Gasteiger partial charge in [-0.1, -0.05) is 12.1 Å². The van der Waals surface area contributed by atoms with Crippen LogP contribution in [-0.4, -0.2) is 32.0 Å². The fourth-order valence-electron chi connectivity index (χ4n) is 2.01. The van der Waals surface area contributed by atoms with E-state index in [0.29, 0.717) is 6.54 Å². The number of carbonyl (C=O) groups excluding carboxylic acids is 2. The molecular weight excluding hydrogens is 218 g/mol. The quantitative estimate of drug-likeness (QED) is 0.749. The van der Waals surface area contributed by atoms with E-state index in [-0.39, 0.29) is 12.3 Å². The molecule has 2 amide bonds. The molecule has 90 valence electrons. The zero-order valence-electron chi connectivity index (χ0n) is 9.72. The Balaban J connectivity index is 2.30. The van der Waals surface area contributed by atoms with Crippen LogP contribution in [0.15, 0.2) is 24.3 Å². The van der Waals surface area contributed by atoms with Crippen LogP contribution in [0.25, 0.3) is 0 Å². The molecule has 0 spiro atoms. The van der Waals surface area contributed by atoms with Gasteiger partial charge in [0.2, 0.25) is 11.8 Å². The van der Waals surface area contributed by atoms with Gasteiger partial charge in [-0.05, 0) is 12.1 Å². The van der Waals surface area contributed by atoms with Crippen LogP contribution in [0.2, 0.25) is 0 Å². The van der Waals surface area contributed by atoms with Crippen molar-refractivity contribution in [3.63, 3.8) is 0 Å². The van der Waals surface area contributed by atoms with E-state index in [2.05, 4.69) is 4.90 Å². The Morgan fingerprint density at radius 1 is 1.24 bits per heavy atom. The predicted octanol–water partition coefficient (Wildman–Crippen LogP) is 0.345. The number of amides is 2. The van der Waals surface area contributed by atoms with Crippen molar-refractivity contribution in [2.24, 2.45) is 5.73 Å². The standard InChI is InChI=1S/C12H15N3O2/c1-14-6-7-15(12(17)8-11(13)16)10-5-3-2-4-9(10)14/h2-5H,6-8H2,1H3,(H2,13,16). The number of fused-ring (bicyclic) bond motifs is 1. The molecule has 5 heteroatoms. The lowest BCUT2D eigenvalue weighted by Crippen LogP contribution is -2.43. The topological polar surface area (TPSA) is 66.6 Å². The second-order valence-corrected chi connectivity index (χ2v) is 4.10. The van der Waals surface area contributed by atoms with Crippen molar-refractivity contribution in [2.45, 2.75) is 6.42 Å². The molecule has 0 fully saturated rings.